The van der Waals surface area contributed by atoms with Crippen LogP contribution in [0.1, 0.15) is 30.7 Å². The number of piperidine rings is 1. The van der Waals surface area contributed by atoms with E-state index >= 15 is 0 Å². The van der Waals surface area contributed by atoms with E-state index in [-0.39, 0.29) is 6.61 Å². The number of nitrogens with one attached hydrogen (secondary N) is 2. The summed E-state index contributed by atoms with van der Waals surface area (Å²) in [4.78, 5) is 26.8. The largest absolute Gasteiger partial charge is 0.443 e. The number of aryl methyl sites for hydroxylation is 1. The molecule has 3 aromatic rings. The standard InChI is InChI=1S/C25H33N7O3/c1-30-22(17-31-10-6-3-7-11-31)27-23-20(32-12-14-34-15-13-32)16-21(26-24(23)30)28-29-25(33)35-18-19-8-4-2-5-9-19/h2,4-5,8-9,16H,3,6-7,10-15,17-18H2,1H3,(H,26,28)(H,29,33). The van der Waals surface area contributed by atoms with Gasteiger partial charge in [-0.15, -0.1) is 0 Å². The van der Waals surface area contributed by atoms with Gasteiger partial charge in [-0.2, -0.15) is 0 Å². The predicted molar refractivity (Wildman–Crippen MR) is 134 cm³/mol. The lowest BCUT2D eigenvalue weighted by Crippen LogP contribution is -2.36. The minimum Gasteiger partial charge on any atom is -0.443 e. The number of likely N-dealkylation sites (tertiary alicyclic amines) is 1. The van der Waals surface area contributed by atoms with Crippen LogP contribution in [0.5, 0.6) is 0 Å². The maximum absolute atomic E-state index is 12.3. The van der Waals surface area contributed by atoms with Crippen LogP contribution < -0.4 is 15.8 Å². The van der Waals surface area contributed by atoms with Crippen molar-refractivity contribution in [3.63, 3.8) is 0 Å². The van der Waals surface area contributed by atoms with Crippen LogP contribution in [-0.4, -0.2) is 64.9 Å². The van der Waals surface area contributed by atoms with Crippen LogP contribution in [0.2, 0.25) is 0 Å². The zero-order valence-corrected chi connectivity index (χ0v) is 20.2. The first-order valence-electron chi connectivity index (χ1n) is 12.3. The van der Waals surface area contributed by atoms with Gasteiger partial charge in [0.15, 0.2) is 5.65 Å². The number of aromatic nitrogens is 3. The molecule has 2 N–H and O–H groups in total. The van der Waals surface area contributed by atoms with Gasteiger partial charge in [0.05, 0.1) is 25.4 Å². The molecular formula is C25H33N7O3. The molecule has 186 valence electrons. The average molecular weight is 480 g/mol. The molecule has 0 spiro atoms. The number of benzene rings is 1. The molecule has 0 bridgehead atoms. The first-order valence-corrected chi connectivity index (χ1v) is 12.3. The van der Waals surface area contributed by atoms with Gasteiger partial charge in [-0.3, -0.25) is 10.3 Å². The lowest BCUT2D eigenvalue weighted by molar-refractivity contribution is 0.123. The molecule has 35 heavy (non-hydrogen) atoms. The molecule has 1 aromatic carbocycles. The normalized spacial score (nSPS) is 16.9. The minimum absolute atomic E-state index is 0.196. The zero-order valence-electron chi connectivity index (χ0n) is 20.2. The molecule has 1 amide bonds. The number of imidazole rings is 1. The van der Waals surface area contributed by atoms with Crippen LogP contribution in [-0.2, 0) is 29.7 Å². The maximum Gasteiger partial charge on any atom is 0.426 e. The number of pyridine rings is 1. The molecule has 2 saturated heterocycles. The van der Waals surface area contributed by atoms with E-state index in [1.54, 1.807) is 0 Å². The summed E-state index contributed by atoms with van der Waals surface area (Å²) in [5.41, 5.74) is 9.09. The number of rotatable bonds is 7. The summed E-state index contributed by atoms with van der Waals surface area (Å²) in [6, 6.07) is 11.5. The van der Waals surface area contributed by atoms with Crippen LogP contribution in [0.4, 0.5) is 16.3 Å². The highest BCUT2D eigenvalue weighted by atomic mass is 16.6. The maximum atomic E-state index is 12.3. The summed E-state index contributed by atoms with van der Waals surface area (Å²) >= 11 is 0. The Balaban J connectivity index is 1.35. The van der Waals surface area contributed by atoms with Gasteiger partial charge in [0.1, 0.15) is 23.8 Å². The molecule has 0 radical (unpaired) electrons. The fraction of sp³-hybridized carbons (Fsp3) is 0.480. The second kappa shape index (κ2) is 10.9. The van der Waals surface area contributed by atoms with Crippen LogP contribution in [0.15, 0.2) is 36.4 Å². The first kappa shape index (κ1) is 23.4. The molecule has 2 aliphatic rings. The van der Waals surface area contributed by atoms with E-state index in [2.05, 4.69) is 25.2 Å². The van der Waals surface area contributed by atoms with Crippen molar-refractivity contribution in [1.82, 2.24) is 24.9 Å². The number of fused-ring (bicyclic) bond motifs is 1. The molecule has 10 nitrogen and oxygen atoms in total. The molecule has 5 rings (SSSR count). The monoisotopic (exact) mass is 479 g/mol. The van der Waals surface area contributed by atoms with Gasteiger partial charge in [0.2, 0.25) is 0 Å². The van der Waals surface area contributed by atoms with Crippen LogP contribution in [0.3, 0.4) is 0 Å². The van der Waals surface area contributed by atoms with E-state index in [4.69, 9.17) is 19.4 Å². The average Bonchev–Trinajstić information content (AvgIpc) is 3.22. The second-order valence-electron chi connectivity index (χ2n) is 9.03. The molecule has 0 unspecified atom stereocenters. The number of anilines is 2. The van der Waals surface area contributed by atoms with Gasteiger partial charge in [0, 0.05) is 26.2 Å². The number of hydrazine groups is 1. The SMILES string of the molecule is Cn1c(CN2CCCCC2)nc2c(N3CCOCC3)cc(NNC(=O)OCc3ccccc3)nc21. The summed E-state index contributed by atoms with van der Waals surface area (Å²) in [5.74, 6) is 1.53. The smallest absolute Gasteiger partial charge is 0.426 e. The van der Waals surface area contributed by atoms with E-state index in [1.807, 2.05) is 43.4 Å². The van der Waals surface area contributed by atoms with Gasteiger partial charge in [-0.05, 0) is 31.5 Å². The summed E-state index contributed by atoms with van der Waals surface area (Å²) in [5, 5.41) is 0. The van der Waals surface area contributed by atoms with Crippen molar-refractivity contribution in [1.29, 1.82) is 0 Å². The summed E-state index contributed by atoms with van der Waals surface area (Å²) < 4.78 is 12.9. The molecule has 0 aliphatic carbocycles. The molecular weight excluding hydrogens is 446 g/mol. The highest BCUT2D eigenvalue weighted by Crippen LogP contribution is 2.29. The fourth-order valence-electron chi connectivity index (χ4n) is 4.62. The number of carbonyl (C=O) groups is 1. The first-order chi connectivity index (χ1) is 17.2. The number of ether oxygens (including phenoxy) is 2. The lowest BCUT2D eigenvalue weighted by Gasteiger charge is -2.29. The Labute approximate surface area is 205 Å². The third-order valence-electron chi connectivity index (χ3n) is 6.57. The van der Waals surface area contributed by atoms with Gasteiger partial charge in [0.25, 0.3) is 0 Å². The quantitative estimate of drug-likeness (QED) is 0.499. The van der Waals surface area contributed by atoms with E-state index in [0.717, 1.165) is 61.0 Å². The van der Waals surface area contributed by atoms with Crippen molar-refractivity contribution in [3.8, 4) is 0 Å². The number of amides is 1. The third-order valence-corrected chi connectivity index (χ3v) is 6.57. The van der Waals surface area contributed by atoms with Crippen molar-refractivity contribution in [2.75, 3.05) is 49.7 Å². The number of morpholine rings is 1. The van der Waals surface area contributed by atoms with Crippen LogP contribution in [0, 0.1) is 0 Å². The van der Waals surface area contributed by atoms with Crippen molar-refractivity contribution in [3.05, 3.63) is 47.8 Å². The Kier molecular flexibility index (Phi) is 7.29. The molecule has 4 heterocycles. The molecule has 0 saturated carbocycles. The topological polar surface area (TPSA) is 96.8 Å². The van der Waals surface area contributed by atoms with Gasteiger partial charge in [-0.25, -0.2) is 20.2 Å². The minimum atomic E-state index is -0.570. The van der Waals surface area contributed by atoms with Gasteiger partial charge in [-0.1, -0.05) is 36.8 Å². The van der Waals surface area contributed by atoms with E-state index < -0.39 is 6.09 Å². The third kappa shape index (κ3) is 5.66. The van der Waals surface area contributed by atoms with E-state index in [0.29, 0.717) is 19.0 Å². The highest BCUT2D eigenvalue weighted by molar-refractivity contribution is 5.89. The van der Waals surface area contributed by atoms with E-state index in [1.165, 1.54) is 19.3 Å². The molecule has 2 fully saturated rings. The van der Waals surface area contributed by atoms with Crippen LogP contribution >= 0.6 is 0 Å². The van der Waals surface area contributed by atoms with E-state index in [9.17, 15) is 4.79 Å². The second-order valence-corrected chi connectivity index (χ2v) is 9.03. The summed E-state index contributed by atoms with van der Waals surface area (Å²) in [6.07, 6.45) is 3.21. The molecule has 2 aliphatic heterocycles. The van der Waals surface area contributed by atoms with Gasteiger partial charge >= 0.3 is 6.09 Å². The number of carbonyl (C=O) groups excluding carboxylic acids is 1. The lowest BCUT2D eigenvalue weighted by atomic mass is 10.1. The Bertz CT molecular complexity index is 1140. The van der Waals surface area contributed by atoms with Crippen molar-refractivity contribution < 1.29 is 14.3 Å². The Morgan fingerprint density at radius 3 is 2.60 bits per heavy atom. The summed E-state index contributed by atoms with van der Waals surface area (Å²) in [6.45, 7) is 6.12. The zero-order chi connectivity index (χ0) is 24.0. The predicted octanol–water partition coefficient (Wildman–Crippen LogP) is 3.04. The highest BCUT2D eigenvalue weighted by Gasteiger charge is 2.22. The molecule has 10 heteroatoms. The van der Waals surface area contributed by atoms with Crippen LogP contribution in [0.25, 0.3) is 11.2 Å². The number of nitrogens with zero attached hydrogens (tertiary/aromatic N) is 5. The van der Waals surface area contributed by atoms with Crippen molar-refractivity contribution >= 4 is 28.8 Å². The Morgan fingerprint density at radius 2 is 1.83 bits per heavy atom. The fourth-order valence-corrected chi connectivity index (χ4v) is 4.62. The van der Waals surface area contributed by atoms with Crippen molar-refractivity contribution in [2.24, 2.45) is 7.05 Å². The summed E-state index contributed by atoms with van der Waals surface area (Å²) in [7, 11) is 2.01. The van der Waals surface area contributed by atoms with Crippen molar-refractivity contribution in [2.45, 2.75) is 32.4 Å². The molecule has 2 aromatic heterocycles. The molecule has 0 atom stereocenters. The number of hydrogen-bond donors (Lipinski definition) is 2. The Hall–Kier alpha value is -3.37. The van der Waals surface area contributed by atoms with Gasteiger partial charge < -0.3 is 18.9 Å². The number of hydrogen-bond acceptors (Lipinski definition) is 8. The Morgan fingerprint density at radius 1 is 1.06 bits per heavy atom.